The van der Waals surface area contributed by atoms with Gasteiger partial charge < -0.3 is 19.7 Å². The second kappa shape index (κ2) is 10.1. The number of carboxylic acid groups (broad SMARTS) is 1. The van der Waals surface area contributed by atoms with Crippen molar-refractivity contribution >= 4 is 28.6 Å². The van der Waals surface area contributed by atoms with Gasteiger partial charge in [0.2, 0.25) is 0 Å². The van der Waals surface area contributed by atoms with Crippen LogP contribution in [0.4, 0.5) is 0 Å². The Balaban J connectivity index is 1.60. The first-order chi connectivity index (χ1) is 14.0. The number of ether oxygens (including phenoxy) is 2. The Hall–Kier alpha value is -1.38. The Morgan fingerprint density at radius 3 is 2.93 bits per heavy atom. The van der Waals surface area contributed by atoms with Gasteiger partial charge in [-0.2, -0.15) is 0 Å². The van der Waals surface area contributed by atoms with Crippen molar-refractivity contribution in [2.24, 2.45) is 11.8 Å². The molecule has 5 atom stereocenters. The van der Waals surface area contributed by atoms with Crippen LogP contribution in [0.5, 0.6) is 5.75 Å². The van der Waals surface area contributed by atoms with Crippen molar-refractivity contribution in [1.29, 1.82) is 0 Å². The van der Waals surface area contributed by atoms with Crippen LogP contribution in [0, 0.1) is 15.4 Å². The van der Waals surface area contributed by atoms with E-state index in [0.717, 1.165) is 28.6 Å². The number of para-hydroxylation sites is 1. The Morgan fingerprint density at radius 1 is 1.41 bits per heavy atom. The number of carboxylic acids is 1. The molecule has 2 N–H and O–H groups in total. The van der Waals surface area contributed by atoms with E-state index in [4.69, 9.17) is 9.47 Å². The number of hydrogen-bond donors (Lipinski definition) is 2. The molecule has 29 heavy (non-hydrogen) atoms. The summed E-state index contributed by atoms with van der Waals surface area (Å²) in [6.07, 6.45) is 10.2. The standard InChI is InChI=1S/C23H29IO5/c1-2-3-8-16(15-20(25)26)21-19-11-13-23(29-19,22(21)27)12-6-7-14-28-18-10-5-4-9-17(18)24/h2-6,9-10,12,16,19,21-22,27H,7-8,11,13-15H2,1H3,(H,25,26). The number of aliphatic hydroxyl groups is 1. The molecule has 1 aromatic rings. The zero-order valence-electron chi connectivity index (χ0n) is 16.7. The average molecular weight is 512 g/mol. The van der Waals surface area contributed by atoms with E-state index in [0.29, 0.717) is 13.0 Å². The van der Waals surface area contributed by atoms with Crippen molar-refractivity contribution < 1.29 is 24.5 Å². The topological polar surface area (TPSA) is 76.0 Å². The maximum Gasteiger partial charge on any atom is 0.303 e. The highest BCUT2D eigenvalue weighted by atomic mass is 127. The highest BCUT2D eigenvalue weighted by Gasteiger charge is 2.59. The van der Waals surface area contributed by atoms with Crippen LogP contribution in [0.2, 0.25) is 0 Å². The lowest BCUT2D eigenvalue weighted by molar-refractivity contribution is -0.139. The van der Waals surface area contributed by atoms with Gasteiger partial charge in [0.05, 0.1) is 22.4 Å². The molecule has 2 fully saturated rings. The van der Waals surface area contributed by atoms with Gasteiger partial charge in [-0.3, -0.25) is 4.79 Å². The van der Waals surface area contributed by atoms with E-state index in [1.807, 2.05) is 55.5 Å². The molecule has 6 heteroatoms. The fraction of sp³-hybridized carbons (Fsp3) is 0.522. The number of aliphatic hydroxyl groups excluding tert-OH is 1. The minimum Gasteiger partial charge on any atom is -0.492 e. The van der Waals surface area contributed by atoms with Gasteiger partial charge in [-0.25, -0.2) is 0 Å². The third kappa shape index (κ3) is 5.22. The quantitative estimate of drug-likeness (QED) is 0.273. The van der Waals surface area contributed by atoms with Crippen LogP contribution in [0.15, 0.2) is 48.6 Å². The Labute approximate surface area is 185 Å². The van der Waals surface area contributed by atoms with Crippen molar-refractivity contribution in [2.45, 2.75) is 56.8 Å². The predicted octanol–water partition coefficient (Wildman–Crippen LogP) is 4.58. The van der Waals surface area contributed by atoms with E-state index < -0.39 is 17.7 Å². The highest BCUT2D eigenvalue weighted by molar-refractivity contribution is 14.1. The summed E-state index contributed by atoms with van der Waals surface area (Å²) in [7, 11) is 0. The number of carbonyl (C=O) groups is 1. The summed E-state index contributed by atoms with van der Waals surface area (Å²) in [5, 5.41) is 20.4. The van der Waals surface area contributed by atoms with Gasteiger partial charge in [-0.05, 0) is 73.2 Å². The van der Waals surface area contributed by atoms with Crippen LogP contribution in [0.3, 0.4) is 0 Å². The zero-order valence-corrected chi connectivity index (χ0v) is 18.8. The smallest absolute Gasteiger partial charge is 0.303 e. The minimum atomic E-state index is -0.827. The number of rotatable bonds is 10. The molecule has 5 nitrogen and oxygen atoms in total. The molecule has 5 unspecified atom stereocenters. The lowest BCUT2D eigenvalue weighted by Gasteiger charge is -2.34. The van der Waals surface area contributed by atoms with E-state index in [-0.39, 0.29) is 24.4 Å². The minimum absolute atomic E-state index is 0.0509. The predicted molar refractivity (Wildman–Crippen MR) is 120 cm³/mol. The molecule has 0 amide bonds. The van der Waals surface area contributed by atoms with Crippen molar-refractivity contribution in [3.05, 3.63) is 52.1 Å². The zero-order chi connectivity index (χ0) is 20.9. The van der Waals surface area contributed by atoms with Crippen molar-refractivity contribution in [3.8, 4) is 5.75 Å². The maximum absolute atomic E-state index is 11.3. The average Bonchev–Trinajstić information content (AvgIpc) is 3.22. The molecule has 1 aromatic carbocycles. The molecule has 158 valence electrons. The Morgan fingerprint density at radius 2 is 2.21 bits per heavy atom. The van der Waals surface area contributed by atoms with Crippen LogP contribution in [-0.2, 0) is 9.53 Å². The van der Waals surface area contributed by atoms with Crippen LogP contribution >= 0.6 is 22.6 Å². The number of aliphatic carboxylic acids is 1. The van der Waals surface area contributed by atoms with E-state index in [1.54, 1.807) is 0 Å². The molecule has 3 rings (SSSR count). The molecule has 0 aliphatic carbocycles. The molecule has 0 saturated carbocycles. The summed E-state index contributed by atoms with van der Waals surface area (Å²) in [6.45, 7) is 2.48. The molecule has 0 aromatic heterocycles. The maximum atomic E-state index is 11.3. The first kappa shape index (κ1) is 22.3. The Kier molecular flexibility index (Phi) is 7.76. The van der Waals surface area contributed by atoms with Crippen LogP contribution < -0.4 is 4.74 Å². The lowest BCUT2D eigenvalue weighted by atomic mass is 9.70. The molecule has 2 aliphatic heterocycles. The van der Waals surface area contributed by atoms with Crippen LogP contribution in [0.1, 0.15) is 39.0 Å². The molecule has 2 bridgehead atoms. The van der Waals surface area contributed by atoms with Crippen molar-refractivity contribution in [1.82, 2.24) is 0 Å². The SMILES string of the molecule is CC=CCC(CC(=O)O)C1C2CCC(C=CCCOc3ccccc3I)(O2)C1O. The van der Waals surface area contributed by atoms with Gasteiger partial charge >= 0.3 is 5.97 Å². The second-order valence-corrected chi connectivity index (χ2v) is 8.97. The number of hydrogen-bond acceptors (Lipinski definition) is 4. The first-order valence-electron chi connectivity index (χ1n) is 10.2. The number of fused-ring (bicyclic) bond motifs is 2. The molecule has 0 radical (unpaired) electrons. The van der Waals surface area contributed by atoms with Gasteiger partial charge in [-0.15, -0.1) is 0 Å². The largest absolute Gasteiger partial charge is 0.492 e. The molecule has 2 saturated heterocycles. The lowest BCUT2D eigenvalue weighted by Crippen LogP contribution is -2.44. The number of halogens is 1. The summed E-state index contributed by atoms with van der Waals surface area (Å²) >= 11 is 2.25. The normalized spacial score (nSPS) is 29.7. The van der Waals surface area contributed by atoms with Gasteiger partial charge in [-0.1, -0.05) is 36.4 Å². The fourth-order valence-corrected chi connectivity index (χ4v) is 5.10. The number of benzene rings is 1. The van der Waals surface area contributed by atoms with E-state index in [2.05, 4.69) is 22.6 Å². The van der Waals surface area contributed by atoms with Crippen molar-refractivity contribution in [2.75, 3.05) is 6.61 Å². The first-order valence-corrected chi connectivity index (χ1v) is 11.3. The summed E-state index contributed by atoms with van der Waals surface area (Å²) in [4.78, 5) is 11.3. The molecule has 2 heterocycles. The number of allylic oxidation sites excluding steroid dienone is 2. The molecule has 0 spiro atoms. The summed E-state index contributed by atoms with van der Waals surface area (Å²) in [6, 6.07) is 7.89. The second-order valence-electron chi connectivity index (χ2n) is 7.80. The third-order valence-corrected chi connectivity index (χ3v) is 6.81. The monoisotopic (exact) mass is 512 g/mol. The van der Waals surface area contributed by atoms with Crippen LogP contribution in [0.25, 0.3) is 0 Å². The molecular weight excluding hydrogens is 483 g/mol. The van der Waals surface area contributed by atoms with Gasteiger partial charge in [0.1, 0.15) is 11.4 Å². The van der Waals surface area contributed by atoms with Crippen molar-refractivity contribution in [3.63, 3.8) is 0 Å². The highest BCUT2D eigenvalue weighted by Crippen LogP contribution is 2.51. The fourth-order valence-electron chi connectivity index (χ4n) is 4.56. The van der Waals surface area contributed by atoms with Gasteiger partial charge in [0, 0.05) is 12.3 Å². The van der Waals surface area contributed by atoms with Crippen LogP contribution in [-0.4, -0.2) is 40.6 Å². The van der Waals surface area contributed by atoms with E-state index in [9.17, 15) is 15.0 Å². The van der Waals surface area contributed by atoms with Gasteiger partial charge in [0.15, 0.2) is 0 Å². The Bertz CT molecular complexity index is 761. The van der Waals surface area contributed by atoms with Gasteiger partial charge in [0.25, 0.3) is 0 Å². The molecule has 2 aliphatic rings. The summed E-state index contributed by atoms with van der Waals surface area (Å²) in [5.41, 5.74) is -0.691. The summed E-state index contributed by atoms with van der Waals surface area (Å²) < 4.78 is 13.1. The third-order valence-electron chi connectivity index (χ3n) is 5.92. The van der Waals surface area contributed by atoms with E-state index >= 15 is 0 Å². The van der Waals surface area contributed by atoms with E-state index in [1.165, 1.54) is 0 Å². The summed E-state index contributed by atoms with van der Waals surface area (Å²) in [5.74, 6) is -0.226. The molecular formula is C23H29IO5.